The number of ether oxygens (including phenoxy) is 2. The highest BCUT2D eigenvalue weighted by atomic mass is 32.2. The van der Waals surface area contributed by atoms with Crippen LogP contribution in [0.25, 0.3) is 0 Å². The number of sulfone groups is 1. The van der Waals surface area contributed by atoms with Gasteiger partial charge in [0.05, 0.1) is 24.8 Å². The van der Waals surface area contributed by atoms with Crippen molar-refractivity contribution in [2.75, 3.05) is 19.5 Å². The van der Waals surface area contributed by atoms with Gasteiger partial charge in [-0.25, -0.2) is 13.4 Å². The zero-order chi connectivity index (χ0) is 21.9. The fourth-order valence-electron chi connectivity index (χ4n) is 3.16. The molecule has 2 aromatic carbocycles. The van der Waals surface area contributed by atoms with Gasteiger partial charge in [-0.1, -0.05) is 19.1 Å². The third-order valence-electron chi connectivity index (χ3n) is 4.90. The highest BCUT2D eigenvalue weighted by Crippen LogP contribution is 2.37. The van der Waals surface area contributed by atoms with Crippen molar-refractivity contribution in [2.24, 2.45) is 0 Å². The Bertz CT molecular complexity index is 1160. The topological polar surface area (TPSA) is 77.5 Å². The number of anilines is 2. The molecule has 0 bridgehead atoms. The van der Waals surface area contributed by atoms with Gasteiger partial charge in [0.25, 0.3) is 0 Å². The summed E-state index contributed by atoms with van der Waals surface area (Å²) in [4.78, 5) is 4.81. The van der Waals surface area contributed by atoms with Crippen LogP contribution in [0, 0.1) is 13.8 Å². The molecule has 0 saturated heterocycles. The maximum Gasteiger partial charge on any atom is 0.210 e. The van der Waals surface area contributed by atoms with E-state index in [9.17, 15) is 8.42 Å². The highest BCUT2D eigenvalue weighted by Gasteiger charge is 2.24. The SMILES string of the molecule is CCc1ccc(S(=O)(=O)c2ccc(C)nc2Nc2c(C)cc(OC)cc2OC)cc1. The lowest BCUT2D eigenvalue weighted by Gasteiger charge is -2.17. The van der Waals surface area contributed by atoms with Crippen LogP contribution >= 0.6 is 0 Å². The van der Waals surface area contributed by atoms with Crippen LogP contribution in [-0.2, 0) is 16.3 Å². The van der Waals surface area contributed by atoms with E-state index < -0.39 is 9.84 Å². The molecular weight excluding hydrogens is 400 g/mol. The molecule has 1 aromatic heterocycles. The van der Waals surface area contributed by atoms with Gasteiger partial charge in [-0.15, -0.1) is 0 Å². The zero-order valence-electron chi connectivity index (χ0n) is 17.8. The summed E-state index contributed by atoms with van der Waals surface area (Å²) in [6.45, 7) is 5.73. The molecule has 30 heavy (non-hydrogen) atoms. The summed E-state index contributed by atoms with van der Waals surface area (Å²) in [5, 5.41) is 3.18. The molecule has 158 valence electrons. The van der Waals surface area contributed by atoms with Gasteiger partial charge in [0.2, 0.25) is 9.84 Å². The summed E-state index contributed by atoms with van der Waals surface area (Å²) >= 11 is 0. The molecule has 7 heteroatoms. The summed E-state index contributed by atoms with van der Waals surface area (Å²) in [7, 11) is -0.634. The maximum absolute atomic E-state index is 13.4. The van der Waals surface area contributed by atoms with Crippen molar-refractivity contribution in [3.05, 3.63) is 65.4 Å². The molecule has 0 spiro atoms. The van der Waals surface area contributed by atoms with Crippen molar-refractivity contribution in [2.45, 2.75) is 37.0 Å². The quantitative estimate of drug-likeness (QED) is 0.582. The molecule has 0 radical (unpaired) electrons. The van der Waals surface area contributed by atoms with Gasteiger partial charge in [-0.2, -0.15) is 0 Å². The average Bonchev–Trinajstić information content (AvgIpc) is 2.74. The lowest BCUT2D eigenvalue weighted by molar-refractivity contribution is 0.395. The van der Waals surface area contributed by atoms with Crippen LogP contribution in [0.15, 0.2) is 58.3 Å². The van der Waals surface area contributed by atoms with E-state index in [2.05, 4.69) is 10.3 Å². The number of nitrogens with one attached hydrogen (secondary N) is 1. The molecule has 6 nitrogen and oxygen atoms in total. The highest BCUT2D eigenvalue weighted by molar-refractivity contribution is 7.91. The van der Waals surface area contributed by atoms with E-state index in [1.807, 2.05) is 39.0 Å². The molecular formula is C23H26N2O4S. The second-order valence-electron chi connectivity index (χ2n) is 6.95. The van der Waals surface area contributed by atoms with Crippen LogP contribution in [0.3, 0.4) is 0 Å². The van der Waals surface area contributed by atoms with E-state index in [1.54, 1.807) is 44.6 Å². The second-order valence-corrected chi connectivity index (χ2v) is 8.86. The zero-order valence-corrected chi connectivity index (χ0v) is 18.6. The minimum Gasteiger partial charge on any atom is -0.497 e. The number of aryl methyl sites for hydroxylation is 3. The Morgan fingerprint density at radius 1 is 0.967 bits per heavy atom. The Balaban J connectivity index is 2.11. The van der Waals surface area contributed by atoms with Crippen LogP contribution < -0.4 is 14.8 Å². The number of methoxy groups -OCH3 is 2. The van der Waals surface area contributed by atoms with Crippen LogP contribution in [-0.4, -0.2) is 27.6 Å². The van der Waals surface area contributed by atoms with Crippen molar-refractivity contribution in [1.29, 1.82) is 0 Å². The van der Waals surface area contributed by atoms with Crippen molar-refractivity contribution >= 4 is 21.3 Å². The predicted molar refractivity (Wildman–Crippen MR) is 118 cm³/mol. The Morgan fingerprint density at radius 2 is 1.67 bits per heavy atom. The largest absolute Gasteiger partial charge is 0.497 e. The van der Waals surface area contributed by atoms with Crippen LogP contribution in [0.2, 0.25) is 0 Å². The van der Waals surface area contributed by atoms with Crippen LogP contribution in [0.1, 0.15) is 23.7 Å². The number of benzene rings is 2. The summed E-state index contributed by atoms with van der Waals surface area (Å²) in [6.07, 6.45) is 0.843. The number of rotatable bonds is 7. The molecule has 0 aliphatic carbocycles. The van der Waals surface area contributed by atoms with E-state index in [1.165, 1.54) is 0 Å². The van der Waals surface area contributed by atoms with Crippen molar-refractivity contribution in [3.8, 4) is 11.5 Å². The molecule has 0 fully saturated rings. The molecule has 0 unspecified atom stereocenters. The third-order valence-corrected chi connectivity index (χ3v) is 6.70. The van der Waals surface area contributed by atoms with Crippen molar-refractivity contribution < 1.29 is 17.9 Å². The summed E-state index contributed by atoms with van der Waals surface area (Å²) in [6, 6.07) is 13.8. The van der Waals surface area contributed by atoms with Gasteiger partial charge >= 0.3 is 0 Å². The minimum atomic E-state index is -3.77. The van der Waals surface area contributed by atoms with Crippen LogP contribution in [0.5, 0.6) is 11.5 Å². The predicted octanol–water partition coefficient (Wildman–Crippen LogP) is 4.85. The normalized spacial score (nSPS) is 11.2. The van der Waals surface area contributed by atoms with Gasteiger partial charge in [0.1, 0.15) is 22.2 Å². The third kappa shape index (κ3) is 4.26. The minimum absolute atomic E-state index is 0.106. The number of nitrogens with zero attached hydrogens (tertiary/aromatic N) is 1. The molecule has 0 amide bonds. The smallest absolute Gasteiger partial charge is 0.210 e. The van der Waals surface area contributed by atoms with Gasteiger partial charge in [-0.3, -0.25) is 0 Å². The number of pyridine rings is 1. The number of hydrogen-bond donors (Lipinski definition) is 1. The molecule has 3 aromatic rings. The van der Waals surface area contributed by atoms with Gasteiger partial charge < -0.3 is 14.8 Å². The first-order chi connectivity index (χ1) is 14.3. The number of aromatic nitrogens is 1. The molecule has 0 atom stereocenters. The fourth-order valence-corrected chi connectivity index (χ4v) is 4.51. The van der Waals surface area contributed by atoms with Crippen molar-refractivity contribution in [1.82, 2.24) is 4.98 Å². The lowest BCUT2D eigenvalue weighted by atomic mass is 10.1. The monoisotopic (exact) mass is 426 g/mol. The Hall–Kier alpha value is -3.06. The van der Waals surface area contributed by atoms with Gasteiger partial charge in [0.15, 0.2) is 0 Å². The molecule has 1 N–H and O–H groups in total. The van der Waals surface area contributed by atoms with E-state index in [0.29, 0.717) is 22.9 Å². The molecule has 1 heterocycles. The van der Waals surface area contributed by atoms with Gasteiger partial charge in [0, 0.05) is 11.8 Å². The van der Waals surface area contributed by atoms with E-state index >= 15 is 0 Å². The van der Waals surface area contributed by atoms with E-state index in [0.717, 1.165) is 17.5 Å². The Morgan fingerprint density at radius 3 is 2.27 bits per heavy atom. The molecule has 0 aliphatic heterocycles. The molecule has 0 aliphatic rings. The first kappa shape index (κ1) is 21.6. The van der Waals surface area contributed by atoms with E-state index in [4.69, 9.17) is 9.47 Å². The first-order valence-corrected chi connectivity index (χ1v) is 11.1. The molecule has 0 saturated carbocycles. The summed E-state index contributed by atoms with van der Waals surface area (Å²) < 4.78 is 37.5. The van der Waals surface area contributed by atoms with E-state index in [-0.39, 0.29) is 15.6 Å². The first-order valence-electron chi connectivity index (χ1n) is 9.61. The summed E-state index contributed by atoms with van der Waals surface area (Å²) in [5.74, 6) is 1.43. The summed E-state index contributed by atoms with van der Waals surface area (Å²) in [5.41, 5.74) is 3.25. The average molecular weight is 427 g/mol. The van der Waals surface area contributed by atoms with Gasteiger partial charge in [-0.05, 0) is 61.7 Å². The lowest BCUT2D eigenvalue weighted by Crippen LogP contribution is -2.09. The van der Waals surface area contributed by atoms with Crippen molar-refractivity contribution in [3.63, 3.8) is 0 Å². The Labute approximate surface area is 177 Å². The fraction of sp³-hybridized carbons (Fsp3) is 0.261. The second kappa shape index (κ2) is 8.75. The maximum atomic E-state index is 13.4. The number of hydrogen-bond acceptors (Lipinski definition) is 6. The molecule has 3 rings (SSSR count). The Kier molecular flexibility index (Phi) is 6.31. The standard InChI is InChI=1S/C23H26N2O4S/c1-6-17-8-10-19(11-9-17)30(26,27)21-12-7-16(3)24-23(21)25-22-15(2)13-18(28-4)14-20(22)29-5/h7-14H,6H2,1-5H3,(H,24,25). The van der Waals surface area contributed by atoms with Crippen LogP contribution in [0.4, 0.5) is 11.5 Å².